The SMILES string of the molecule is CCOCc1cccc(COCCO)c1. The summed E-state index contributed by atoms with van der Waals surface area (Å²) in [6, 6.07) is 8.09. The minimum atomic E-state index is 0.0681. The van der Waals surface area contributed by atoms with Crippen LogP contribution < -0.4 is 0 Å². The molecule has 0 heterocycles. The van der Waals surface area contributed by atoms with Gasteiger partial charge in [-0.05, 0) is 18.1 Å². The lowest BCUT2D eigenvalue weighted by Crippen LogP contribution is -2.00. The van der Waals surface area contributed by atoms with Gasteiger partial charge in [-0.1, -0.05) is 24.3 Å². The van der Waals surface area contributed by atoms with Crippen LogP contribution in [0.2, 0.25) is 0 Å². The molecule has 0 radical (unpaired) electrons. The second-order valence-corrected chi connectivity index (χ2v) is 3.23. The molecule has 0 fully saturated rings. The van der Waals surface area contributed by atoms with E-state index >= 15 is 0 Å². The van der Waals surface area contributed by atoms with Crippen molar-refractivity contribution in [3.8, 4) is 0 Å². The Morgan fingerprint density at radius 2 is 1.80 bits per heavy atom. The molecule has 0 unspecified atom stereocenters. The maximum atomic E-state index is 8.57. The highest BCUT2D eigenvalue weighted by Crippen LogP contribution is 2.07. The maximum absolute atomic E-state index is 8.57. The van der Waals surface area contributed by atoms with Crippen LogP contribution in [0.5, 0.6) is 0 Å². The van der Waals surface area contributed by atoms with Crippen molar-refractivity contribution in [1.82, 2.24) is 0 Å². The molecule has 3 heteroatoms. The van der Waals surface area contributed by atoms with E-state index in [9.17, 15) is 0 Å². The quantitative estimate of drug-likeness (QED) is 0.697. The highest BCUT2D eigenvalue weighted by atomic mass is 16.5. The zero-order valence-corrected chi connectivity index (χ0v) is 9.11. The lowest BCUT2D eigenvalue weighted by Gasteiger charge is -2.05. The van der Waals surface area contributed by atoms with Gasteiger partial charge in [0.2, 0.25) is 0 Å². The van der Waals surface area contributed by atoms with Crippen LogP contribution in [0.25, 0.3) is 0 Å². The summed E-state index contributed by atoms with van der Waals surface area (Å²) in [5.74, 6) is 0. The van der Waals surface area contributed by atoms with Gasteiger partial charge in [-0.25, -0.2) is 0 Å². The monoisotopic (exact) mass is 210 g/mol. The minimum absolute atomic E-state index is 0.0681. The Morgan fingerprint density at radius 1 is 1.13 bits per heavy atom. The van der Waals surface area contributed by atoms with Gasteiger partial charge in [-0.2, -0.15) is 0 Å². The van der Waals surface area contributed by atoms with E-state index in [-0.39, 0.29) is 6.61 Å². The smallest absolute Gasteiger partial charge is 0.0718 e. The molecule has 84 valence electrons. The van der Waals surface area contributed by atoms with Crippen LogP contribution >= 0.6 is 0 Å². The fourth-order valence-electron chi connectivity index (χ4n) is 1.28. The van der Waals surface area contributed by atoms with Gasteiger partial charge < -0.3 is 14.6 Å². The molecule has 0 aliphatic heterocycles. The molecule has 0 aromatic heterocycles. The summed E-state index contributed by atoms with van der Waals surface area (Å²) in [4.78, 5) is 0. The molecule has 1 aromatic rings. The van der Waals surface area contributed by atoms with Gasteiger partial charge in [-0.3, -0.25) is 0 Å². The number of ether oxygens (including phenoxy) is 2. The Balaban J connectivity index is 2.42. The Bertz CT molecular complexity index is 273. The second-order valence-electron chi connectivity index (χ2n) is 3.23. The summed E-state index contributed by atoms with van der Waals surface area (Å²) >= 11 is 0. The van der Waals surface area contributed by atoms with Gasteiger partial charge in [0.15, 0.2) is 0 Å². The number of benzene rings is 1. The topological polar surface area (TPSA) is 38.7 Å². The summed E-state index contributed by atoms with van der Waals surface area (Å²) in [7, 11) is 0. The first kappa shape index (κ1) is 12.2. The molecule has 0 bridgehead atoms. The van der Waals surface area contributed by atoms with Gasteiger partial charge in [0, 0.05) is 6.61 Å². The van der Waals surface area contributed by atoms with Crippen molar-refractivity contribution in [2.24, 2.45) is 0 Å². The van der Waals surface area contributed by atoms with Gasteiger partial charge >= 0.3 is 0 Å². The minimum Gasteiger partial charge on any atom is -0.394 e. The van der Waals surface area contributed by atoms with Crippen LogP contribution in [0.4, 0.5) is 0 Å². The first-order valence-electron chi connectivity index (χ1n) is 5.21. The number of hydrogen-bond acceptors (Lipinski definition) is 3. The highest BCUT2D eigenvalue weighted by molar-refractivity contribution is 5.22. The normalized spacial score (nSPS) is 10.5. The van der Waals surface area contributed by atoms with Crippen LogP contribution in [-0.2, 0) is 22.7 Å². The predicted molar refractivity (Wildman–Crippen MR) is 58.5 cm³/mol. The molecular weight excluding hydrogens is 192 g/mol. The molecule has 1 rings (SSSR count). The van der Waals surface area contributed by atoms with Crippen molar-refractivity contribution < 1.29 is 14.6 Å². The van der Waals surface area contributed by atoms with Crippen molar-refractivity contribution in [2.45, 2.75) is 20.1 Å². The van der Waals surface area contributed by atoms with Crippen LogP contribution in [0.3, 0.4) is 0 Å². The van der Waals surface area contributed by atoms with Crippen molar-refractivity contribution in [1.29, 1.82) is 0 Å². The third-order valence-electron chi connectivity index (χ3n) is 1.97. The number of aliphatic hydroxyl groups is 1. The molecule has 0 amide bonds. The predicted octanol–water partition coefficient (Wildman–Crippen LogP) is 1.73. The molecule has 1 aromatic carbocycles. The Hall–Kier alpha value is -0.900. The average Bonchev–Trinajstić information content (AvgIpc) is 2.27. The molecule has 0 aliphatic carbocycles. The second kappa shape index (κ2) is 7.40. The van der Waals surface area contributed by atoms with E-state index in [1.807, 2.05) is 25.1 Å². The molecule has 1 N–H and O–H groups in total. The molecule has 3 nitrogen and oxygen atoms in total. The van der Waals surface area contributed by atoms with Crippen LogP contribution in [0.15, 0.2) is 24.3 Å². The number of rotatable bonds is 7. The van der Waals surface area contributed by atoms with Crippen molar-refractivity contribution >= 4 is 0 Å². The molecule has 0 aliphatic rings. The number of aliphatic hydroxyl groups excluding tert-OH is 1. The summed E-state index contributed by atoms with van der Waals surface area (Å²) in [6.45, 7) is 4.35. The molecule has 0 spiro atoms. The van der Waals surface area contributed by atoms with E-state index in [2.05, 4.69) is 6.07 Å². The van der Waals surface area contributed by atoms with Crippen molar-refractivity contribution in [3.05, 3.63) is 35.4 Å². The largest absolute Gasteiger partial charge is 0.394 e. The van der Waals surface area contributed by atoms with Gasteiger partial charge in [0.1, 0.15) is 0 Å². The van der Waals surface area contributed by atoms with E-state index in [1.54, 1.807) is 0 Å². The Morgan fingerprint density at radius 3 is 2.40 bits per heavy atom. The lowest BCUT2D eigenvalue weighted by atomic mass is 10.1. The lowest BCUT2D eigenvalue weighted by molar-refractivity contribution is 0.0813. The zero-order valence-electron chi connectivity index (χ0n) is 9.11. The first-order valence-corrected chi connectivity index (χ1v) is 5.21. The van der Waals surface area contributed by atoms with Crippen LogP contribution in [0.1, 0.15) is 18.1 Å². The molecular formula is C12H18O3. The van der Waals surface area contributed by atoms with Crippen molar-refractivity contribution in [2.75, 3.05) is 19.8 Å². The highest BCUT2D eigenvalue weighted by Gasteiger charge is 1.96. The molecule has 0 atom stereocenters. The fourth-order valence-corrected chi connectivity index (χ4v) is 1.28. The molecule has 0 saturated carbocycles. The van der Waals surface area contributed by atoms with E-state index in [0.29, 0.717) is 19.8 Å². The van der Waals surface area contributed by atoms with Crippen LogP contribution in [-0.4, -0.2) is 24.9 Å². The van der Waals surface area contributed by atoms with Crippen molar-refractivity contribution in [3.63, 3.8) is 0 Å². The standard InChI is InChI=1S/C12H18O3/c1-2-14-9-11-4-3-5-12(8-11)10-15-7-6-13/h3-5,8,13H,2,6-7,9-10H2,1H3. The van der Waals surface area contributed by atoms with Gasteiger partial charge in [0.05, 0.1) is 26.4 Å². The zero-order chi connectivity index (χ0) is 10.9. The summed E-state index contributed by atoms with van der Waals surface area (Å²) < 4.78 is 10.6. The van der Waals surface area contributed by atoms with Crippen LogP contribution in [0, 0.1) is 0 Å². The Labute approximate surface area is 90.6 Å². The summed E-state index contributed by atoms with van der Waals surface area (Å²) in [5.41, 5.74) is 2.27. The average molecular weight is 210 g/mol. The summed E-state index contributed by atoms with van der Waals surface area (Å²) in [5, 5.41) is 8.57. The number of hydrogen-bond donors (Lipinski definition) is 1. The van der Waals surface area contributed by atoms with E-state index in [0.717, 1.165) is 17.7 Å². The van der Waals surface area contributed by atoms with Gasteiger partial charge in [-0.15, -0.1) is 0 Å². The third kappa shape index (κ3) is 4.93. The van der Waals surface area contributed by atoms with E-state index in [4.69, 9.17) is 14.6 Å². The van der Waals surface area contributed by atoms with E-state index < -0.39 is 0 Å². The first-order chi connectivity index (χ1) is 7.36. The van der Waals surface area contributed by atoms with Gasteiger partial charge in [0.25, 0.3) is 0 Å². The third-order valence-corrected chi connectivity index (χ3v) is 1.97. The Kier molecular flexibility index (Phi) is 6.00. The molecule has 15 heavy (non-hydrogen) atoms. The fraction of sp³-hybridized carbons (Fsp3) is 0.500. The molecule has 0 saturated heterocycles. The summed E-state index contributed by atoms with van der Waals surface area (Å²) in [6.07, 6.45) is 0. The van der Waals surface area contributed by atoms with E-state index in [1.165, 1.54) is 0 Å². The maximum Gasteiger partial charge on any atom is 0.0718 e.